The molecular formula is C12H20N2O4. The molecule has 0 amide bonds. The van der Waals surface area contributed by atoms with Gasteiger partial charge in [-0.25, -0.2) is 0 Å². The molecule has 0 saturated heterocycles. The minimum atomic E-state index is 0.0211. The summed E-state index contributed by atoms with van der Waals surface area (Å²) in [5, 5.41) is 15.0. The van der Waals surface area contributed by atoms with E-state index in [4.69, 9.17) is 19.3 Å². The summed E-state index contributed by atoms with van der Waals surface area (Å²) in [6, 6.07) is 1.76. The molecule has 0 unspecified atom stereocenters. The summed E-state index contributed by atoms with van der Waals surface area (Å²) in [7, 11) is 6.50. The molecule has 0 aromatic heterocycles. The van der Waals surface area contributed by atoms with Crippen molar-refractivity contribution < 1.29 is 19.3 Å². The molecule has 0 bridgehead atoms. The molecule has 102 valence electrons. The van der Waals surface area contributed by atoms with Crippen LogP contribution in [0.3, 0.4) is 0 Å². The molecule has 1 aromatic rings. The maximum Gasteiger partial charge on any atom is 0.172 e. The Bertz CT molecular complexity index is 396. The highest BCUT2D eigenvalue weighted by Crippen LogP contribution is 2.46. The zero-order chi connectivity index (χ0) is 13.5. The van der Waals surface area contributed by atoms with Gasteiger partial charge in [-0.1, -0.05) is 0 Å². The molecule has 1 rings (SSSR count). The second kappa shape index (κ2) is 6.80. The van der Waals surface area contributed by atoms with E-state index < -0.39 is 0 Å². The van der Waals surface area contributed by atoms with Gasteiger partial charge >= 0.3 is 0 Å². The zero-order valence-corrected chi connectivity index (χ0v) is 11.2. The van der Waals surface area contributed by atoms with Gasteiger partial charge in [0.15, 0.2) is 5.75 Å². The lowest BCUT2D eigenvalue weighted by molar-refractivity contribution is 0.310. The first kappa shape index (κ1) is 14.2. The van der Waals surface area contributed by atoms with Gasteiger partial charge in [0.05, 0.1) is 27.9 Å². The number of aliphatic hydroxyl groups excluding tert-OH is 1. The Labute approximate surface area is 107 Å². The molecule has 0 spiro atoms. The Kier molecular flexibility index (Phi) is 5.38. The molecule has 0 heterocycles. The first-order valence-corrected chi connectivity index (χ1v) is 5.58. The van der Waals surface area contributed by atoms with Gasteiger partial charge in [0, 0.05) is 19.7 Å². The fraction of sp³-hybridized carbons (Fsp3) is 0.500. The molecule has 0 radical (unpaired) electrons. The van der Waals surface area contributed by atoms with Crippen LogP contribution in [0.25, 0.3) is 0 Å². The van der Waals surface area contributed by atoms with Gasteiger partial charge in [0.25, 0.3) is 0 Å². The molecule has 6 nitrogen and oxygen atoms in total. The van der Waals surface area contributed by atoms with Crippen molar-refractivity contribution >= 4 is 11.4 Å². The smallest absolute Gasteiger partial charge is 0.172 e. The number of rotatable bonds is 7. The summed E-state index contributed by atoms with van der Waals surface area (Å²) in [4.78, 5) is 0. The largest absolute Gasteiger partial charge is 0.494 e. The topological polar surface area (TPSA) is 72.0 Å². The number of hydrogen-bond acceptors (Lipinski definition) is 6. The lowest BCUT2D eigenvalue weighted by Crippen LogP contribution is -2.10. The van der Waals surface area contributed by atoms with Gasteiger partial charge in [0.2, 0.25) is 0 Å². The fourth-order valence-corrected chi connectivity index (χ4v) is 1.72. The average molecular weight is 256 g/mol. The molecule has 6 heteroatoms. The molecule has 0 saturated carbocycles. The highest BCUT2D eigenvalue weighted by Gasteiger charge is 2.19. The second-order valence-electron chi connectivity index (χ2n) is 3.46. The van der Waals surface area contributed by atoms with Crippen LogP contribution in [-0.2, 0) is 0 Å². The molecule has 0 aliphatic heterocycles. The maximum atomic E-state index is 8.90. The fourth-order valence-electron chi connectivity index (χ4n) is 1.72. The van der Waals surface area contributed by atoms with E-state index in [-0.39, 0.29) is 6.61 Å². The van der Waals surface area contributed by atoms with Crippen molar-refractivity contribution in [3.63, 3.8) is 0 Å². The summed E-state index contributed by atoms with van der Waals surface area (Å²) in [6.45, 7) is 0.426. The molecule has 1 aromatic carbocycles. The lowest BCUT2D eigenvalue weighted by atomic mass is 10.2. The first-order valence-electron chi connectivity index (χ1n) is 5.58. The normalized spacial score (nSPS) is 9.83. The Morgan fingerprint density at radius 1 is 1.06 bits per heavy atom. The van der Waals surface area contributed by atoms with E-state index in [1.54, 1.807) is 34.4 Å². The van der Waals surface area contributed by atoms with E-state index in [1.807, 2.05) is 0 Å². The van der Waals surface area contributed by atoms with E-state index >= 15 is 0 Å². The second-order valence-corrected chi connectivity index (χ2v) is 3.46. The summed E-state index contributed by atoms with van der Waals surface area (Å²) in [5.74, 6) is 1.80. The minimum absolute atomic E-state index is 0.0211. The van der Waals surface area contributed by atoms with Crippen LogP contribution in [0, 0.1) is 0 Å². The summed E-state index contributed by atoms with van der Waals surface area (Å²) >= 11 is 0. The first-order chi connectivity index (χ1) is 8.73. The van der Waals surface area contributed by atoms with Crippen LogP contribution in [0.1, 0.15) is 0 Å². The number of aliphatic hydroxyl groups is 1. The molecule has 0 atom stereocenters. The number of anilines is 2. The van der Waals surface area contributed by atoms with Crippen LogP contribution in [-0.4, -0.2) is 46.6 Å². The van der Waals surface area contributed by atoms with Gasteiger partial charge in [-0.2, -0.15) is 0 Å². The van der Waals surface area contributed by atoms with Crippen molar-refractivity contribution in [3.8, 4) is 17.2 Å². The molecule has 0 aliphatic rings. The van der Waals surface area contributed by atoms with Crippen molar-refractivity contribution in [3.05, 3.63) is 6.07 Å². The van der Waals surface area contributed by atoms with Crippen LogP contribution in [0.4, 0.5) is 11.4 Å². The number of nitrogens with one attached hydrogen (secondary N) is 2. The number of benzene rings is 1. The maximum absolute atomic E-state index is 8.90. The Hall–Kier alpha value is -1.82. The third kappa shape index (κ3) is 2.70. The Morgan fingerprint density at radius 3 is 2.11 bits per heavy atom. The third-order valence-corrected chi connectivity index (χ3v) is 2.52. The zero-order valence-electron chi connectivity index (χ0n) is 11.2. The lowest BCUT2D eigenvalue weighted by Gasteiger charge is -2.20. The van der Waals surface area contributed by atoms with Crippen molar-refractivity contribution in [1.82, 2.24) is 0 Å². The SMILES string of the molecule is CNc1c(OC)cc(OC)c(NCCO)c1OC. The molecule has 0 aliphatic carbocycles. The predicted molar refractivity (Wildman–Crippen MR) is 71.2 cm³/mol. The van der Waals surface area contributed by atoms with E-state index in [0.29, 0.717) is 29.5 Å². The van der Waals surface area contributed by atoms with Gasteiger partial charge in [0.1, 0.15) is 22.9 Å². The number of methoxy groups -OCH3 is 3. The van der Waals surface area contributed by atoms with E-state index in [9.17, 15) is 0 Å². The summed E-state index contributed by atoms with van der Waals surface area (Å²) < 4.78 is 16.0. The monoisotopic (exact) mass is 256 g/mol. The van der Waals surface area contributed by atoms with Crippen molar-refractivity contribution in [1.29, 1.82) is 0 Å². The Morgan fingerprint density at radius 2 is 1.67 bits per heavy atom. The minimum Gasteiger partial charge on any atom is -0.494 e. The molecule has 0 fully saturated rings. The predicted octanol–water partition coefficient (Wildman–Crippen LogP) is 1.16. The van der Waals surface area contributed by atoms with Crippen molar-refractivity contribution in [2.24, 2.45) is 0 Å². The number of ether oxygens (including phenoxy) is 3. The summed E-state index contributed by atoms with van der Waals surface area (Å²) in [6.07, 6.45) is 0. The van der Waals surface area contributed by atoms with E-state index in [2.05, 4.69) is 10.6 Å². The quantitative estimate of drug-likeness (QED) is 0.680. The highest BCUT2D eigenvalue weighted by atomic mass is 16.5. The van der Waals surface area contributed by atoms with Crippen molar-refractivity contribution in [2.45, 2.75) is 0 Å². The molecule has 18 heavy (non-hydrogen) atoms. The van der Waals surface area contributed by atoms with Crippen LogP contribution in [0.2, 0.25) is 0 Å². The molecule has 3 N–H and O–H groups in total. The van der Waals surface area contributed by atoms with Crippen LogP contribution < -0.4 is 24.8 Å². The van der Waals surface area contributed by atoms with Crippen LogP contribution in [0.15, 0.2) is 6.07 Å². The van der Waals surface area contributed by atoms with E-state index in [1.165, 1.54) is 0 Å². The van der Waals surface area contributed by atoms with Crippen molar-refractivity contribution in [2.75, 3.05) is 52.2 Å². The van der Waals surface area contributed by atoms with Gasteiger partial charge in [-0.3, -0.25) is 0 Å². The van der Waals surface area contributed by atoms with E-state index in [0.717, 1.165) is 5.69 Å². The number of hydrogen-bond donors (Lipinski definition) is 3. The standard InChI is InChI=1S/C12H20N2O4/c1-13-10-8(16-2)7-9(17-3)11(12(10)18-4)14-5-6-15/h7,13-15H,5-6H2,1-4H3. The van der Waals surface area contributed by atoms with Gasteiger partial charge in [-0.05, 0) is 0 Å². The average Bonchev–Trinajstić information content (AvgIpc) is 2.42. The van der Waals surface area contributed by atoms with Crippen LogP contribution >= 0.6 is 0 Å². The molecular weight excluding hydrogens is 236 g/mol. The highest BCUT2D eigenvalue weighted by molar-refractivity contribution is 5.82. The summed E-state index contributed by atoms with van der Waals surface area (Å²) in [5.41, 5.74) is 1.40. The van der Waals surface area contributed by atoms with Crippen LogP contribution in [0.5, 0.6) is 17.2 Å². The Balaban J connectivity index is 3.35. The van der Waals surface area contributed by atoms with Gasteiger partial charge < -0.3 is 30.0 Å². The van der Waals surface area contributed by atoms with Gasteiger partial charge in [-0.15, -0.1) is 0 Å². The third-order valence-electron chi connectivity index (χ3n) is 2.52.